The van der Waals surface area contributed by atoms with Gasteiger partial charge < -0.3 is 4.74 Å². The highest BCUT2D eigenvalue weighted by molar-refractivity contribution is 5.85. The number of hydrogen-bond acceptors (Lipinski definition) is 2. The summed E-state index contributed by atoms with van der Waals surface area (Å²) in [7, 11) is 0. The van der Waals surface area contributed by atoms with Crippen molar-refractivity contribution in [3.8, 4) is 0 Å². The van der Waals surface area contributed by atoms with Gasteiger partial charge >= 0.3 is 35.8 Å². The van der Waals surface area contributed by atoms with Crippen LogP contribution in [-0.4, -0.2) is 42.4 Å². The molecule has 0 amide bonds. The van der Waals surface area contributed by atoms with Crippen molar-refractivity contribution >= 4 is 5.97 Å². The zero-order valence-corrected chi connectivity index (χ0v) is 10.3. The molecule has 0 heterocycles. The predicted molar refractivity (Wildman–Crippen MR) is 47.0 cm³/mol. The average molecular weight is 372 g/mol. The van der Waals surface area contributed by atoms with Gasteiger partial charge in [0.05, 0.1) is 0 Å². The first-order valence-electron chi connectivity index (χ1n) is 4.92. The summed E-state index contributed by atoms with van der Waals surface area (Å²) in [5.74, 6) is -34.1. The summed E-state index contributed by atoms with van der Waals surface area (Å²) >= 11 is 0. The molecule has 0 aliphatic carbocycles. The van der Waals surface area contributed by atoms with Crippen LogP contribution in [0.1, 0.15) is 0 Å². The van der Waals surface area contributed by atoms with Crippen LogP contribution < -0.4 is 0 Å². The van der Waals surface area contributed by atoms with E-state index < -0.39 is 48.3 Å². The molecule has 136 valence electrons. The molecule has 0 saturated heterocycles. The Balaban J connectivity index is 6.37. The highest BCUT2D eigenvalue weighted by atomic mass is 19.4. The van der Waals surface area contributed by atoms with E-state index in [0.717, 1.165) is 0 Å². The summed E-state index contributed by atoms with van der Waals surface area (Å²) in [6.07, 6.45) is -7.31. The molecule has 0 bridgehead atoms. The Hall–Kier alpha value is -1.63. The van der Waals surface area contributed by atoms with Crippen LogP contribution >= 0.6 is 0 Å². The topological polar surface area (TPSA) is 26.3 Å². The minimum absolute atomic E-state index is 1.94. The van der Waals surface area contributed by atoms with E-state index in [-0.39, 0.29) is 0 Å². The van der Waals surface area contributed by atoms with Crippen LogP contribution in [0.25, 0.3) is 0 Å². The van der Waals surface area contributed by atoms with E-state index in [1.54, 1.807) is 0 Å². The lowest BCUT2D eigenvalue weighted by atomic mass is 9.97. The lowest BCUT2D eigenvalue weighted by molar-refractivity contribution is -0.438. The fourth-order valence-corrected chi connectivity index (χ4v) is 1.02. The summed E-state index contributed by atoms with van der Waals surface area (Å²) < 4.78 is 153. The van der Waals surface area contributed by atoms with Crippen LogP contribution in [0.15, 0.2) is 12.4 Å². The number of esters is 1. The maximum absolute atomic E-state index is 13.6. The first kappa shape index (κ1) is 21.4. The maximum atomic E-state index is 13.6. The second kappa shape index (κ2) is 5.78. The third-order valence-electron chi connectivity index (χ3n) is 2.25. The zero-order chi connectivity index (χ0) is 19.1. The van der Waals surface area contributed by atoms with Crippen molar-refractivity contribution in [2.24, 2.45) is 0 Å². The number of hydrogen-bond donors (Lipinski definition) is 0. The van der Waals surface area contributed by atoms with Gasteiger partial charge in [0.15, 0.2) is 6.67 Å². The molecule has 0 spiro atoms. The number of alkyl halides is 11. The van der Waals surface area contributed by atoms with Crippen molar-refractivity contribution < 1.29 is 62.2 Å². The van der Waals surface area contributed by atoms with Crippen molar-refractivity contribution in [1.82, 2.24) is 0 Å². The third kappa shape index (κ3) is 3.20. The van der Waals surface area contributed by atoms with Gasteiger partial charge in [0, 0.05) is 0 Å². The molecule has 0 aromatic carbocycles. The van der Waals surface area contributed by atoms with E-state index >= 15 is 0 Å². The number of carbonyl (C=O) groups is 1. The van der Waals surface area contributed by atoms with Gasteiger partial charge in [-0.15, -0.1) is 0 Å². The Kier molecular flexibility index (Phi) is 5.37. The van der Waals surface area contributed by atoms with Crippen LogP contribution in [-0.2, 0) is 9.53 Å². The number of ether oxygens (including phenoxy) is 1. The Morgan fingerprint density at radius 1 is 0.870 bits per heavy atom. The molecule has 0 aliphatic heterocycles. The Labute approximate surface area is 118 Å². The van der Waals surface area contributed by atoms with Crippen LogP contribution in [0.4, 0.5) is 52.7 Å². The van der Waals surface area contributed by atoms with Crippen LogP contribution in [0.3, 0.4) is 0 Å². The first-order valence-corrected chi connectivity index (χ1v) is 4.92. The van der Waals surface area contributed by atoms with E-state index in [4.69, 9.17) is 0 Å². The van der Waals surface area contributed by atoms with Crippen molar-refractivity contribution in [2.45, 2.75) is 29.8 Å². The van der Waals surface area contributed by atoms with Gasteiger partial charge in [0.2, 0.25) is 5.83 Å². The molecule has 0 radical (unpaired) electrons. The minimum atomic E-state index is -7.54. The fraction of sp³-hybridized carbons (Fsp3) is 0.667. The van der Waals surface area contributed by atoms with Crippen LogP contribution in [0, 0.1) is 0 Å². The molecule has 23 heavy (non-hydrogen) atoms. The minimum Gasteiger partial charge on any atom is -0.411 e. The molecule has 0 aromatic rings. The van der Waals surface area contributed by atoms with Crippen molar-refractivity contribution in [1.29, 1.82) is 0 Å². The Morgan fingerprint density at radius 3 is 1.52 bits per heavy atom. The second-order valence-electron chi connectivity index (χ2n) is 3.87. The van der Waals surface area contributed by atoms with Gasteiger partial charge in [-0.2, -0.15) is 48.3 Å². The first-order chi connectivity index (χ1) is 9.89. The smallest absolute Gasteiger partial charge is 0.411 e. The van der Waals surface area contributed by atoms with Crippen molar-refractivity contribution in [2.75, 3.05) is 6.67 Å². The lowest BCUT2D eigenvalue weighted by Crippen LogP contribution is -2.70. The van der Waals surface area contributed by atoms with Gasteiger partial charge in [0.25, 0.3) is 0 Å². The van der Waals surface area contributed by atoms with E-state index in [2.05, 4.69) is 4.74 Å². The summed E-state index contributed by atoms with van der Waals surface area (Å²) in [6.45, 7) is -1.65. The highest BCUT2D eigenvalue weighted by Gasteiger charge is 2.88. The SMILES string of the molecule is C=C(F)C(=O)OC(F)(C(F)(F)CF)C(F)(F)C(F)(F)C(F)(F)F. The van der Waals surface area contributed by atoms with Gasteiger partial charge in [0.1, 0.15) is 0 Å². The van der Waals surface area contributed by atoms with E-state index in [0.29, 0.717) is 0 Å². The molecule has 0 aromatic heterocycles. The van der Waals surface area contributed by atoms with E-state index in [1.807, 2.05) is 6.58 Å². The predicted octanol–water partition coefficient (Wildman–Crippen LogP) is 4.12. The summed E-state index contributed by atoms with van der Waals surface area (Å²) in [4.78, 5) is 10.5. The standard InChI is InChI=1S/C9H4F12O2/c1-3(11)4(22)23-8(18,5(12,13)2-10)6(14,15)7(16,17)9(19,20)21/h1-2H2. The average Bonchev–Trinajstić information content (AvgIpc) is 2.36. The normalized spacial score (nSPS) is 16.7. The van der Waals surface area contributed by atoms with E-state index in [1.165, 1.54) is 0 Å². The molecule has 1 atom stereocenters. The molecular formula is C9H4F12O2. The Bertz CT molecular complexity index is 481. The molecule has 1 unspecified atom stereocenters. The number of rotatable bonds is 6. The summed E-state index contributed by atoms with van der Waals surface area (Å²) in [5, 5.41) is 0. The lowest BCUT2D eigenvalue weighted by Gasteiger charge is -2.40. The molecule has 0 saturated carbocycles. The summed E-state index contributed by atoms with van der Waals surface area (Å²) in [5.41, 5.74) is 0. The molecular weight excluding hydrogens is 368 g/mol. The Morgan fingerprint density at radius 2 is 1.26 bits per heavy atom. The molecule has 2 nitrogen and oxygen atoms in total. The highest BCUT2D eigenvalue weighted by Crippen LogP contribution is 2.57. The van der Waals surface area contributed by atoms with Crippen LogP contribution in [0.2, 0.25) is 0 Å². The largest absolute Gasteiger partial charge is 0.460 e. The number of carbonyl (C=O) groups excluding carboxylic acids is 1. The molecule has 0 N–H and O–H groups in total. The van der Waals surface area contributed by atoms with Crippen molar-refractivity contribution in [3.63, 3.8) is 0 Å². The van der Waals surface area contributed by atoms with Crippen molar-refractivity contribution in [3.05, 3.63) is 12.4 Å². The summed E-state index contributed by atoms with van der Waals surface area (Å²) in [6, 6.07) is 0. The second-order valence-corrected chi connectivity index (χ2v) is 3.87. The van der Waals surface area contributed by atoms with E-state index in [9.17, 15) is 57.5 Å². The van der Waals surface area contributed by atoms with Gasteiger partial charge in [-0.05, 0) is 0 Å². The number of halogens is 12. The zero-order valence-electron chi connectivity index (χ0n) is 10.3. The molecule has 0 rings (SSSR count). The van der Waals surface area contributed by atoms with Gasteiger partial charge in [-0.3, -0.25) is 0 Å². The molecule has 0 aliphatic rings. The van der Waals surface area contributed by atoms with Crippen LogP contribution in [0.5, 0.6) is 0 Å². The van der Waals surface area contributed by atoms with Gasteiger partial charge in [-0.1, -0.05) is 6.58 Å². The third-order valence-corrected chi connectivity index (χ3v) is 2.25. The molecule has 14 heteroatoms. The fourth-order valence-electron chi connectivity index (χ4n) is 1.02. The quantitative estimate of drug-likeness (QED) is 0.399. The maximum Gasteiger partial charge on any atom is 0.460 e. The molecule has 0 fully saturated rings. The monoisotopic (exact) mass is 372 g/mol. The van der Waals surface area contributed by atoms with Gasteiger partial charge in [-0.25, -0.2) is 9.18 Å².